The molecule has 0 bridgehead atoms. The Balaban J connectivity index is 0.00000121. The summed E-state index contributed by atoms with van der Waals surface area (Å²) in [5, 5.41) is 20.7. The van der Waals surface area contributed by atoms with Crippen LogP contribution in [-0.4, -0.2) is 9.78 Å². The van der Waals surface area contributed by atoms with Crippen LogP contribution in [0.15, 0.2) is 0 Å². The number of hydrogen-bond acceptors (Lipinski definition) is 4. The molecule has 1 aromatic heterocycles. The highest BCUT2D eigenvalue weighted by Gasteiger charge is 1.99. The lowest BCUT2D eigenvalue weighted by Gasteiger charge is -1.87. The first-order valence-electron chi connectivity index (χ1n) is 3.26. The van der Waals surface area contributed by atoms with Crippen molar-refractivity contribution in [3.63, 3.8) is 0 Å². The fourth-order valence-electron chi connectivity index (χ4n) is 0.682. The molecule has 66 valence electrons. The molecule has 0 aliphatic rings. The van der Waals surface area contributed by atoms with E-state index < -0.39 is 0 Å². The third-order valence-corrected chi connectivity index (χ3v) is 2.21. The van der Waals surface area contributed by atoms with Crippen molar-refractivity contribution < 1.29 is 0 Å². The predicted octanol–water partition coefficient (Wildman–Crippen LogP) is 0.932. The number of nitrogens with one attached hydrogen (secondary N) is 1. The summed E-state index contributed by atoms with van der Waals surface area (Å²) in [5.41, 5.74) is 0. The Morgan fingerprint density at radius 3 is 2.83 bits per heavy atom. The lowest BCUT2D eigenvalue weighted by atomic mass is 10.5. The summed E-state index contributed by atoms with van der Waals surface area (Å²) in [6.07, 6.45) is 0.828. The largest absolute Gasteiger partial charge is 0.274 e. The van der Waals surface area contributed by atoms with E-state index in [9.17, 15) is 0 Å². The van der Waals surface area contributed by atoms with Crippen molar-refractivity contribution in [2.24, 2.45) is 0 Å². The first-order chi connectivity index (χ1) is 5.27. The van der Waals surface area contributed by atoms with Gasteiger partial charge in [-0.3, -0.25) is 5.41 Å². The molecule has 0 fully saturated rings. The number of nitriles is 1. The lowest BCUT2D eigenvalue weighted by Crippen LogP contribution is -2.13. The van der Waals surface area contributed by atoms with Gasteiger partial charge in [0.05, 0.1) is 6.07 Å². The molecule has 6 heteroatoms. The standard InChI is InChI=1S/C6H8N4S.ClH/c1-2-5-9-10(4-3-7)6(8)11-5;/h8H,2,4H2,1H3;1H. The highest BCUT2D eigenvalue weighted by molar-refractivity contribution is 7.08. The minimum atomic E-state index is 0. The van der Waals surface area contributed by atoms with Crippen LogP contribution in [0.25, 0.3) is 0 Å². The van der Waals surface area contributed by atoms with Crippen molar-refractivity contribution >= 4 is 23.7 Å². The Bertz CT molecular complexity index is 334. The second kappa shape index (κ2) is 4.91. The van der Waals surface area contributed by atoms with Gasteiger partial charge in [-0.15, -0.1) is 12.4 Å². The van der Waals surface area contributed by atoms with Gasteiger partial charge in [-0.2, -0.15) is 10.4 Å². The van der Waals surface area contributed by atoms with Crippen molar-refractivity contribution in [2.45, 2.75) is 19.9 Å². The zero-order valence-electron chi connectivity index (χ0n) is 6.57. The molecular weight excluding hydrogens is 196 g/mol. The van der Waals surface area contributed by atoms with Gasteiger partial charge in [-0.05, 0) is 6.42 Å². The molecule has 0 aromatic carbocycles. The second-order valence-electron chi connectivity index (χ2n) is 1.97. The Labute approximate surface area is 80.4 Å². The SMILES string of the molecule is CCc1nn(CC#N)c(=N)s1.Cl. The van der Waals surface area contributed by atoms with Crippen LogP contribution in [0.5, 0.6) is 0 Å². The highest BCUT2D eigenvalue weighted by Crippen LogP contribution is 1.97. The summed E-state index contributed by atoms with van der Waals surface area (Å²) in [6.45, 7) is 2.16. The quantitative estimate of drug-likeness (QED) is 0.779. The van der Waals surface area contributed by atoms with Crippen LogP contribution in [0.4, 0.5) is 0 Å². The Hall–Kier alpha value is -0.860. The van der Waals surface area contributed by atoms with E-state index in [1.54, 1.807) is 0 Å². The van der Waals surface area contributed by atoms with Gasteiger partial charge in [-0.1, -0.05) is 18.3 Å². The van der Waals surface area contributed by atoms with Gasteiger partial charge < -0.3 is 0 Å². The van der Waals surface area contributed by atoms with E-state index in [4.69, 9.17) is 10.7 Å². The van der Waals surface area contributed by atoms with Crippen molar-refractivity contribution in [3.8, 4) is 6.07 Å². The third kappa shape index (κ3) is 2.32. The maximum atomic E-state index is 8.34. The van der Waals surface area contributed by atoms with Crippen LogP contribution in [0.1, 0.15) is 11.9 Å². The predicted molar refractivity (Wildman–Crippen MR) is 48.2 cm³/mol. The highest BCUT2D eigenvalue weighted by atomic mass is 35.5. The molecule has 0 radical (unpaired) electrons. The summed E-state index contributed by atoms with van der Waals surface area (Å²) in [6, 6.07) is 1.95. The fourth-order valence-corrected chi connectivity index (χ4v) is 1.40. The maximum Gasteiger partial charge on any atom is 0.201 e. The van der Waals surface area contributed by atoms with E-state index in [-0.39, 0.29) is 19.0 Å². The lowest BCUT2D eigenvalue weighted by molar-refractivity contribution is 0.656. The number of halogens is 1. The molecule has 0 aliphatic heterocycles. The average Bonchev–Trinajstić information content (AvgIpc) is 2.33. The van der Waals surface area contributed by atoms with Crippen LogP contribution in [0.3, 0.4) is 0 Å². The van der Waals surface area contributed by atoms with E-state index in [1.807, 2.05) is 13.0 Å². The molecule has 0 spiro atoms. The molecular formula is C6H9ClN4S. The molecule has 0 saturated carbocycles. The van der Waals surface area contributed by atoms with Gasteiger partial charge in [0, 0.05) is 0 Å². The average molecular weight is 205 g/mol. The van der Waals surface area contributed by atoms with E-state index in [0.29, 0.717) is 4.80 Å². The van der Waals surface area contributed by atoms with Crippen LogP contribution in [-0.2, 0) is 13.0 Å². The molecule has 1 aromatic rings. The summed E-state index contributed by atoms with van der Waals surface area (Å²) >= 11 is 1.32. The first-order valence-corrected chi connectivity index (χ1v) is 4.08. The van der Waals surface area contributed by atoms with Crippen molar-refractivity contribution in [1.29, 1.82) is 10.7 Å². The fraction of sp³-hybridized carbons (Fsp3) is 0.500. The molecule has 12 heavy (non-hydrogen) atoms. The molecule has 4 nitrogen and oxygen atoms in total. The smallest absolute Gasteiger partial charge is 0.201 e. The Kier molecular flexibility index (Phi) is 4.55. The molecule has 0 atom stereocenters. The van der Waals surface area contributed by atoms with E-state index >= 15 is 0 Å². The summed E-state index contributed by atoms with van der Waals surface area (Å²) in [7, 11) is 0. The minimum absolute atomic E-state index is 0. The molecule has 0 amide bonds. The van der Waals surface area contributed by atoms with Crippen molar-refractivity contribution in [1.82, 2.24) is 9.78 Å². The van der Waals surface area contributed by atoms with Crippen LogP contribution in [0, 0.1) is 16.7 Å². The van der Waals surface area contributed by atoms with Crippen LogP contribution < -0.4 is 4.80 Å². The van der Waals surface area contributed by atoms with Gasteiger partial charge in [0.1, 0.15) is 11.6 Å². The third-order valence-electron chi connectivity index (χ3n) is 1.20. The van der Waals surface area contributed by atoms with Gasteiger partial charge >= 0.3 is 0 Å². The topological polar surface area (TPSA) is 65.5 Å². The van der Waals surface area contributed by atoms with E-state index in [0.717, 1.165) is 11.4 Å². The molecule has 1 N–H and O–H groups in total. The number of aromatic nitrogens is 2. The van der Waals surface area contributed by atoms with Gasteiger partial charge in [0.2, 0.25) is 4.80 Å². The zero-order chi connectivity index (χ0) is 8.27. The Morgan fingerprint density at radius 1 is 1.75 bits per heavy atom. The van der Waals surface area contributed by atoms with Gasteiger partial charge in [-0.25, -0.2) is 4.68 Å². The van der Waals surface area contributed by atoms with Crippen molar-refractivity contribution in [3.05, 3.63) is 9.81 Å². The maximum absolute atomic E-state index is 8.34. The summed E-state index contributed by atoms with van der Waals surface area (Å²) in [5.74, 6) is 0. The molecule has 0 unspecified atom stereocenters. The molecule has 1 rings (SSSR count). The van der Waals surface area contributed by atoms with E-state index in [2.05, 4.69) is 5.10 Å². The summed E-state index contributed by atoms with van der Waals surface area (Å²) < 4.78 is 1.41. The molecule has 1 heterocycles. The number of nitrogens with zero attached hydrogens (tertiary/aromatic N) is 3. The van der Waals surface area contributed by atoms with Crippen LogP contribution in [0.2, 0.25) is 0 Å². The first kappa shape index (κ1) is 11.1. The molecule has 0 saturated heterocycles. The molecule has 0 aliphatic carbocycles. The minimum Gasteiger partial charge on any atom is -0.274 e. The number of rotatable bonds is 2. The van der Waals surface area contributed by atoms with Gasteiger partial charge in [0.25, 0.3) is 0 Å². The normalized spacial score (nSPS) is 8.67. The number of aryl methyl sites for hydroxylation is 1. The Morgan fingerprint density at radius 2 is 2.42 bits per heavy atom. The summed E-state index contributed by atoms with van der Waals surface area (Å²) in [4.78, 5) is 0.350. The van der Waals surface area contributed by atoms with Crippen molar-refractivity contribution in [2.75, 3.05) is 0 Å². The van der Waals surface area contributed by atoms with E-state index in [1.165, 1.54) is 16.0 Å². The monoisotopic (exact) mass is 204 g/mol. The zero-order valence-corrected chi connectivity index (χ0v) is 8.21. The van der Waals surface area contributed by atoms with Crippen LogP contribution >= 0.6 is 23.7 Å². The second-order valence-corrected chi connectivity index (χ2v) is 3.03. The van der Waals surface area contributed by atoms with Gasteiger partial charge in [0.15, 0.2) is 0 Å². The number of hydrogen-bond donors (Lipinski definition) is 1.